The molecule has 0 atom stereocenters. The average Bonchev–Trinajstić information content (AvgIpc) is 2.66. The number of ether oxygens (including phenoxy) is 2. The summed E-state index contributed by atoms with van der Waals surface area (Å²) < 4.78 is 11.6. The van der Waals surface area contributed by atoms with E-state index in [1.54, 1.807) is 43.4 Å². The van der Waals surface area contributed by atoms with Crippen LogP contribution < -0.4 is 20.1 Å². The first-order valence-electron chi connectivity index (χ1n) is 8.14. The molecule has 0 heterocycles. The van der Waals surface area contributed by atoms with Crippen molar-refractivity contribution in [3.8, 4) is 11.5 Å². The first-order chi connectivity index (χ1) is 12.5. The zero-order chi connectivity index (χ0) is 19.1. The molecule has 0 unspecified atom stereocenters. The molecule has 7 heteroatoms. The van der Waals surface area contributed by atoms with Crippen LogP contribution in [-0.2, 0) is 0 Å². The van der Waals surface area contributed by atoms with Gasteiger partial charge in [0.05, 0.1) is 18.2 Å². The van der Waals surface area contributed by atoms with Crippen LogP contribution in [0.3, 0.4) is 0 Å². The second-order valence-corrected chi connectivity index (χ2v) is 6.30. The molecule has 2 amide bonds. The minimum absolute atomic E-state index is 0.181. The Morgan fingerprint density at radius 2 is 1.77 bits per heavy atom. The Bertz CT molecular complexity index is 791. The van der Waals surface area contributed by atoms with E-state index >= 15 is 0 Å². The van der Waals surface area contributed by atoms with Gasteiger partial charge in [-0.1, -0.05) is 6.92 Å². The zero-order valence-corrected chi connectivity index (χ0v) is 16.5. The lowest BCUT2D eigenvalue weighted by Gasteiger charge is -2.14. The van der Waals surface area contributed by atoms with E-state index in [1.165, 1.54) is 7.11 Å². The summed E-state index contributed by atoms with van der Waals surface area (Å²) in [7, 11) is 3.09. The van der Waals surface area contributed by atoms with E-state index in [1.807, 2.05) is 6.92 Å². The number of carbonyl (C=O) groups excluding carboxylic acids is 2. The molecule has 0 aliphatic heterocycles. The van der Waals surface area contributed by atoms with Gasteiger partial charge in [0.15, 0.2) is 11.5 Å². The van der Waals surface area contributed by atoms with Gasteiger partial charge in [-0.05, 0) is 58.7 Å². The van der Waals surface area contributed by atoms with Gasteiger partial charge in [0.1, 0.15) is 0 Å². The number of anilines is 1. The van der Waals surface area contributed by atoms with Crippen molar-refractivity contribution in [1.29, 1.82) is 0 Å². The van der Waals surface area contributed by atoms with Gasteiger partial charge < -0.3 is 20.1 Å². The molecule has 6 nitrogen and oxygen atoms in total. The summed E-state index contributed by atoms with van der Waals surface area (Å²) in [5.74, 6) is 0.576. The van der Waals surface area contributed by atoms with Crippen molar-refractivity contribution in [2.45, 2.75) is 13.3 Å². The highest BCUT2D eigenvalue weighted by molar-refractivity contribution is 9.10. The summed E-state index contributed by atoms with van der Waals surface area (Å²) in [5, 5.41) is 5.34. The van der Waals surface area contributed by atoms with E-state index in [0.29, 0.717) is 39.4 Å². The van der Waals surface area contributed by atoms with E-state index in [-0.39, 0.29) is 11.8 Å². The van der Waals surface area contributed by atoms with Crippen LogP contribution in [0.1, 0.15) is 34.1 Å². The van der Waals surface area contributed by atoms with E-state index in [0.717, 1.165) is 6.42 Å². The van der Waals surface area contributed by atoms with Crippen molar-refractivity contribution in [1.82, 2.24) is 5.32 Å². The fraction of sp³-hybridized carbons (Fsp3) is 0.263. The monoisotopic (exact) mass is 420 g/mol. The number of methoxy groups -OCH3 is 1. The highest BCUT2D eigenvalue weighted by Gasteiger charge is 2.16. The molecule has 26 heavy (non-hydrogen) atoms. The van der Waals surface area contributed by atoms with E-state index < -0.39 is 0 Å². The summed E-state index contributed by atoms with van der Waals surface area (Å²) in [6, 6.07) is 9.95. The molecule has 2 aromatic carbocycles. The van der Waals surface area contributed by atoms with Gasteiger partial charge in [-0.15, -0.1) is 0 Å². The van der Waals surface area contributed by atoms with Crippen LogP contribution in [0.2, 0.25) is 0 Å². The van der Waals surface area contributed by atoms with E-state index in [9.17, 15) is 9.59 Å². The van der Waals surface area contributed by atoms with Gasteiger partial charge in [0.2, 0.25) is 0 Å². The van der Waals surface area contributed by atoms with Crippen LogP contribution in [0.4, 0.5) is 5.69 Å². The van der Waals surface area contributed by atoms with E-state index in [4.69, 9.17) is 9.47 Å². The smallest absolute Gasteiger partial charge is 0.255 e. The van der Waals surface area contributed by atoms with Crippen LogP contribution in [0, 0.1) is 0 Å². The SMILES string of the molecule is CCCOc1c(Br)cc(C(=O)Nc2ccc(C(=O)NC)cc2)cc1OC. The minimum atomic E-state index is -0.293. The Morgan fingerprint density at radius 1 is 1.08 bits per heavy atom. The van der Waals surface area contributed by atoms with Crippen molar-refractivity contribution >= 4 is 33.4 Å². The number of hydrogen-bond donors (Lipinski definition) is 2. The van der Waals surface area contributed by atoms with Crippen molar-refractivity contribution in [2.75, 3.05) is 26.1 Å². The second-order valence-electron chi connectivity index (χ2n) is 5.45. The highest BCUT2D eigenvalue weighted by Crippen LogP contribution is 2.37. The van der Waals surface area contributed by atoms with Crippen molar-refractivity contribution < 1.29 is 19.1 Å². The Morgan fingerprint density at radius 3 is 2.35 bits per heavy atom. The maximum absolute atomic E-state index is 12.5. The van der Waals surface area contributed by atoms with E-state index in [2.05, 4.69) is 26.6 Å². The number of nitrogens with one attached hydrogen (secondary N) is 2. The summed E-state index contributed by atoms with van der Waals surface area (Å²) >= 11 is 3.43. The van der Waals surface area contributed by atoms with Crippen LogP contribution in [0.5, 0.6) is 11.5 Å². The molecular weight excluding hydrogens is 400 g/mol. The molecule has 2 N–H and O–H groups in total. The molecule has 0 spiro atoms. The fourth-order valence-electron chi connectivity index (χ4n) is 2.25. The largest absolute Gasteiger partial charge is 0.493 e. The first kappa shape index (κ1) is 19.8. The maximum atomic E-state index is 12.5. The normalized spacial score (nSPS) is 10.2. The number of carbonyl (C=O) groups is 2. The van der Waals surface area contributed by atoms with Crippen LogP contribution in [-0.4, -0.2) is 32.6 Å². The quantitative estimate of drug-likeness (QED) is 0.712. The molecule has 138 valence electrons. The van der Waals surface area contributed by atoms with Crippen LogP contribution in [0.25, 0.3) is 0 Å². The van der Waals surface area contributed by atoms with Gasteiger partial charge in [-0.3, -0.25) is 9.59 Å². The molecule has 0 aromatic heterocycles. The van der Waals surface area contributed by atoms with Gasteiger partial charge in [-0.25, -0.2) is 0 Å². The molecule has 0 saturated heterocycles. The molecule has 2 rings (SSSR count). The van der Waals surface area contributed by atoms with Crippen molar-refractivity contribution in [3.05, 3.63) is 52.0 Å². The highest BCUT2D eigenvalue weighted by atomic mass is 79.9. The Kier molecular flexibility index (Phi) is 7.03. The molecule has 0 aliphatic rings. The standard InChI is InChI=1S/C19H21BrN2O4/c1-4-9-26-17-15(20)10-13(11-16(17)25-3)19(24)22-14-7-5-12(6-8-14)18(23)21-2/h5-8,10-11H,4,9H2,1-3H3,(H,21,23)(H,22,24). The Hall–Kier alpha value is -2.54. The fourth-order valence-corrected chi connectivity index (χ4v) is 2.80. The minimum Gasteiger partial charge on any atom is -0.493 e. The third-order valence-corrected chi connectivity index (χ3v) is 4.16. The molecule has 0 radical (unpaired) electrons. The number of hydrogen-bond acceptors (Lipinski definition) is 4. The second kappa shape index (κ2) is 9.24. The van der Waals surface area contributed by atoms with Gasteiger partial charge >= 0.3 is 0 Å². The number of benzene rings is 2. The van der Waals surface area contributed by atoms with Crippen molar-refractivity contribution in [3.63, 3.8) is 0 Å². The molecule has 0 bridgehead atoms. The predicted molar refractivity (Wildman–Crippen MR) is 104 cm³/mol. The van der Waals surface area contributed by atoms with Crippen LogP contribution in [0.15, 0.2) is 40.9 Å². The van der Waals surface area contributed by atoms with Crippen LogP contribution >= 0.6 is 15.9 Å². The Labute approximate surface area is 161 Å². The number of amides is 2. The van der Waals surface area contributed by atoms with Gasteiger partial charge in [-0.2, -0.15) is 0 Å². The third kappa shape index (κ3) is 4.76. The summed E-state index contributed by atoms with van der Waals surface area (Å²) in [6.45, 7) is 2.57. The number of rotatable bonds is 7. The summed E-state index contributed by atoms with van der Waals surface area (Å²) in [6.07, 6.45) is 0.865. The lowest BCUT2D eigenvalue weighted by atomic mass is 10.1. The predicted octanol–water partition coefficient (Wildman–Crippen LogP) is 3.86. The topological polar surface area (TPSA) is 76.7 Å². The zero-order valence-electron chi connectivity index (χ0n) is 14.9. The van der Waals surface area contributed by atoms with Crippen molar-refractivity contribution in [2.24, 2.45) is 0 Å². The first-order valence-corrected chi connectivity index (χ1v) is 8.93. The lowest BCUT2D eigenvalue weighted by Crippen LogP contribution is -2.18. The molecular formula is C19H21BrN2O4. The molecule has 0 saturated carbocycles. The molecule has 0 aliphatic carbocycles. The number of halogens is 1. The lowest BCUT2D eigenvalue weighted by molar-refractivity contribution is 0.0962. The summed E-state index contributed by atoms with van der Waals surface area (Å²) in [5.41, 5.74) is 1.53. The average molecular weight is 421 g/mol. The Balaban J connectivity index is 2.18. The van der Waals surface area contributed by atoms with Gasteiger partial charge in [0, 0.05) is 23.9 Å². The maximum Gasteiger partial charge on any atom is 0.255 e. The molecule has 0 fully saturated rings. The molecule has 2 aromatic rings. The third-order valence-electron chi connectivity index (χ3n) is 3.57. The van der Waals surface area contributed by atoms with Gasteiger partial charge in [0.25, 0.3) is 11.8 Å². The summed E-state index contributed by atoms with van der Waals surface area (Å²) in [4.78, 5) is 24.1.